The average Bonchev–Trinajstić information content (AvgIpc) is 3.34. The minimum atomic E-state index is -0.544. The lowest BCUT2D eigenvalue weighted by molar-refractivity contribution is 0.0787. The highest BCUT2D eigenvalue weighted by atomic mass is 35.5. The molecular weight excluding hydrogens is 383 g/mol. The van der Waals surface area contributed by atoms with Gasteiger partial charge in [-0.3, -0.25) is 4.79 Å². The maximum Gasteiger partial charge on any atom is 0.254 e. The Kier molecular flexibility index (Phi) is 4.72. The molecule has 3 aromatic rings. The Balaban J connectivity index is 1.64. The molecule has 4 rings (SSSR count). The van der Waals surface area contributed by atoms with E-state index in [1.165, 1.54) is 12.1 Å². The summed E-state index contributed by atoms with van der Waals surface area (Å²) in [5.41, 5.74) is 7.13. The fourth-order valence-corrected chi connectivity index (χ4v) is 3.65. The number of imidazole rings is 1. The van der Waals surface area contributed by atoms with E-state index >= 15 is 0 Å². The molecule has 0 aliphatic carbocycles. The first-order valence-electron chi connectivity index (χ1n) is 8.79. The van der Waals surface area contributed by atoms with Gasteiger partial charge < -0.3 is 15.2 Å². The number of hydrogen-bond donors (Lipinski definition) is 1. The maximum absolute atomic E-state index is 14.3. The van der Waals surface area contributed by atoms with E-state index in [-0.39, 0.29) is 28.5 Å². The molecule has 7 nitrogen and oxygen atoms in total. The minimum Gasteiger partial charge on any atom is -0.368 e. The van der Waals surface area contributed by atoms with E-state index < -0.39 is 5.82 Å². The zero-order chi connectivity index (χ0) is 19.8. The third-order valence-electron chi connectivity index (χ3n) is 4.85. The zero-order valence-electron chi connectivity index (χ0n) is 15.1. The zero-order valence-corrected chi connectivity index (χ0v) is 15.9. The van der Waals surface area contributed by atoms with Crippen molar-refractivity contribution >= 4 is 23.5 Å². The molecule has 2 aromatic heterocycles. The number of nitrogens with zero attached hydrogens (tertiary/aromatic N) is 5. The van der Waals surface area contributed by atoms with Crippen molar-refractivity contribution in [1.82, 2.24) is 24.4 Å². The van der Waals surface area contributed by atoms with Crippen molar-refractivity contribution in [3.8, 4) is 11.3 Å². The van der Waals surface area contributed by atoms with Crippen LogP contribution in [0.15, 0.2) is 36.9 Å². The number of likely N-dealkylation sites (tertiary alicyclic amines) is 1. The topological polar surface area (TPSA) is 89.9 Å². The third-order valence-corrected chi connectivity index (χ3v) is 5.30. The number of anilines is 1. The van der Waals surface area contributed by atoms with Crippen LogP contribution in [-0.4, -0.2) is 43.4 Å². The molecule has 2 N–H and O–H groups in total. The van der Waals surface area contributed by atoms with E-state index in [0.717, 1.165) is 6.42 Å². The van der Waals surface area contributed by atoms with Crippen molar-refractivity contribution in [3.05, 3.63) is 59.0 Å². The molecule has 144 valence electrons. The molecule has 0 spiro atoms. The molecule has 1 aromatic carbocycles. The number of carbonyl (C=O) groups excluding carboxylic acids is 1. The van der Waals surface area contributed by atoms with Gasteiger partial charge in [0.1, 0.15) is 5.82 Å². The summed E-state index contributed by atoms with van der Waals surface area (Å²) in [4.78, 5) is 26.8. The van der Waals surface area contributed by atoms with Crippen molar-refractivity contribution < 1.29 is 9.18 Å². The number of hydrogen-bond acceptors (Lipinski definition) is 5. The van der Waals surface area contributed by atoms with Crippen LogP contribution in [0.5, 0.6) is 0 Å². The summed E-state index contributed by atoms with van der Waals surface area (Å²) in [6.45, 7) is 2.82. The number of halogens is 2. The van der Waals surface area contributed by atoms with E-state index in [1.807, 2.05) is 10.8 Å². The summed E-state index contributed by atoms with van der Waals surface area (Å²) in [6, 6.07) is 4.26. The highest BCUT2D eigenvalue weighted by Gasteiger charge is 2.28. The van der Waals surface area contributed by atoms with E-state index in [1.54, 1.807) is 30.4 Å². The molecule has 1 aliphatic rings. The predicted octanol–water partition coefficient (Wildman–Crippen LogP) is 3.11. The van der Waals surface area contributed by atoms with Crippen LogP contribution in [0.3, 0.4) is 0 Å². The van der Waals surface area contributed by atoms with Crippen molar-refractivity contribution in [3.63, 3.8) is 0 Å². The number of rotatable bonds is 3. The molecular formula is C19H18ClFN6O. The van der Waals surface area contributed by atoms with Crippen LogP contribution in [0.1, 0.15) is 28.5 Å². The normalized spacial score (nSPS) is 16.5. The number of aryl methyl sites for hydroxylation is 1. The van der Waals surface area contributed by atoms with Gasteiger partial charge in [-0.05, 0) is 31.5 Å². The molecule has 9 heteroatoms. The second kappa shape index (κ2) is 7.20. The lowest BCUT2D eigenvalue weighted by atomic mass is 10.1. The van der Waals surface area contributed by atoms with Gasteiger partial charge in [0.15, 0.2) is 0 Å². The molecule has 0 radical (unpaired) electrons. The fourth-order valence-electron chi connectivity index (χ4n) is 3.46. The van der Waals surface area contributed by atoms with Gasteiger partial charge >= 0.3 is 0 Å². The smallest absolute Gasteiger partial charge is 0.254 e. The number of amides is 1. The number of nitrogens with two attached hydrogens (primary N) is 1. The Hall–Kier alpha value is -3.00. The lowest BCUT2D eigenvalue weighted by Gasteiger charge is -2.18. The predicted molar refractivity (Wildman–Crippen MR) is 103 cm³/mol. The summed E-state index contributed by atoms with van der Waals surface area (Å²) in [6.07, 6.45) is 6.14. The summed E-state index contributed by atoms with van der Waals surface area (Å²) < 4.78 is 16.3. The van der Waals surface area contributed by atoms with E-state index in [2.05, 4.69) is 15.0 Å². The molecule has 1 saturated heterocycles. The number of benzene rings is 1. The van der Waals surface area contributed by atoms with E-state index in [0.29, 0.717) is 30.0 Å². The van der Waals surface area contributed by atoms with Gasteiger partial charge in [-0.2, -0.15) is 0 Å². The Bertz CT molecular complexity index is 1040. The van der Waals surface area contributed by atoms with Crippen LogP contribution in [0.25, 0.3) is 11.3 Å². The molecule has 28 heavy (non-hydrogen) atoms. The highest BCUT2D eigenvalue weighted by molar-refractivity contribution is 6.33. The molecule has 3 heterocycles. The molecule has 1 aliphatic heterocycles. The SMILES string of the molecule is Cc1nc(N)nc(-c2cc(F)cc(C(=O)N3CCC(n4ccnc4)C3)c2)c1Cl. The minimum absolute atomic E-state index is 0.0387. The van der Waals surface area contributed by atoms with Crippen LogP contribution in [0.2, 0.25) is 5.02 Å². The summed E-state index contributed by atoms with van der Waals surface area (Å²) >= 11 is 6.28. The van der Waals surface area contributed by atoms with Crippen molar-refractivity contribution in [1.29, 1.82) is 0 Å². The van der Waals surface area contributed by atoms with Gasteiger partial charge in [-0.25, -0.2) is 19.3 Å². The maximum atomic E-state index is 14.3. The van der Waals surface area contributed by atoms with E-state index in [4.69, 9.17) is 17.3 Å². The Morgan fingerprint density at radius 3 is 2.89 bits per heavy atom. The Morgan fingerprint density at radius 1 is 1.32 bits per heavy atom. The van der Waals surface area contributed by atoms with Gasteiger partial charge in [0, 0.05) is 36.6 Å². The van der Waals surface area contributed by atoms with Crippen LogP contribution < -0.4 is 5.73 Å². The van der Waals surface area contributed by atoms with Gasteiger partial charge in [0.2, 0.25) is 5.95 Å². The van der Waals surface area contributed by atoms with Gasteiger partial charge in [0.25, 0.3) is 5.91 Å². The van der Waals surface area contributed by atoms with E-state index in [9.17, 15) is 9.18 Å². The molecule has 0 saturated carbocycles. The lowest BCUT2D eigenvalue weighted by Crippen LogP contribution is -2.29. The molecule has 1 atom stereocenters. The highest BCUT2D eigenvalue weighted by Crippen LogP contribution is 2.31. The quantitative estimate of drug-likeness (QED) is 0.729. The first-order chi connectivity index (χ1) is 13.4. The summed E-state index contributed by atoms with van der Waals surface area (Å²) in [7, 11) is 0. The molecule has 1 unspecified atom stereocenters. The van der Waals surface area contributed by atoms with Crippen LogP contribution in [-0.2, 0) is 0 Å². The Morgan fingerprint density at radius 2 is 2.14 bits per heavy atom. The number of nitrogen functional groups attached to an aromatic ring is 1. The van der Waals surface area contributed by atoms with Gasteiger partial charge in [-0.15, -0.1) is 0 Å². The van der Waals surface area contributed by atoms with Crippen molar-refractivity contribution in [2.75, 3.05) is 18.8 Å². The second-order valence-electron chi connectivity index (χ2n) is 6.76. The first kappa shape index (κ1) is 18.4. The second-order valence-corrected chi connectivity index (χ2v) is 7.14. The van der Waals surface area contributed by atoms with Crippen LogP contribution in [0.4, 0.5) is 10.3 Å². The molecule has 0 bridgehead atoms. The Labute approximate surface area is 166 Å². The van der Waals surface area contributed by atoms with Crippen LogP contribution >= 0.6 is 11.6 Å². The molecule has 1 fully saturated rings. The van der Waals surface area contributed by atoms with Gasteiger partial charge in [0.05, 0.1) is 28.8 Å². The van der Waals surface area contributed by atoms with Gasteiger partial charge in [-0.1, -0.05) is 11.6 Å². The van der Waals surface area contributed by atoms with Crippen LogP contribution in [0, 0.1) is 12.7 Å². The molecule has 1 amide bonds. The summed E-state index contributed by atoms with van der Waals surface area (Å²) in [5, 5.41) is 0.277. The largest absolute Gasteiger partial charge is 0.368 e. The summed E-state index contributed by atoms with van der Waals surface area (Å²) in [5.74, 6) is -0.743. The standard InChI is InChI=1S/C19H18ClFN6O/c1-11-16(20)17(25-19(22)24-11)12-6-13(8-14(21)7-12)18(28)26-4-2-15(9-26)27-5-3-23-10-27/h3,5-8,10,15H,2,4,9H2,1H3,(H2,22,24,25). The monoisotopic (exact) mass is 400 g/mol. The third kappa shape index (κ3) is 3.43. The number of aromatic nitrogens is 4. The first-order valence-corrected chi connectivity index (χ1v) is 9.17. The van der Waals surface area contributed by atoms with Crippen molar-refractivity contribution in [2.45, 2.75) is 19.4 Å². The fraction of sp³-hybridized carbons (Fsp3) is 0.263. The van der Waals surface area contributed by atoms with Crippen molar-refractivity contribution in [2.24, 2.45) is 0 Å². The number of carbonyl (C=O) groups is 1. The average molecular weight is 401 g/mol.